The molecule has 0 atom stereocenters. The highest BCUT2D eigenvalue weighted by atomic mass is 35.5. The first-order chi connectivity index (χ1) is 7.45. The molecule has 0 aliphatic carbocycles. The molecule has 2 N–H and O–H groups in total. The molecule has 0 amide bonds. The van der Waals surface area contributed by atoms with Gasteiger partial charge in [-0.1, -0.05) is 0 Å². The molecular weight excluding hydrogens is 224 g/mol. The summed E-state index contributed by atoms with van der Waals surface area (Å²) in [5.74, 6) is 0. The number of nitrogens with zero attached hydrogens (tertiary/aromatic N) is 2. The van der Waals surface area contributed by atoms with Gasteiger partial charge >= 0.3 is 0 Å². The molecule has 16 heavy (non-hydrogen) atoms. The van der Waals surface area contributed by atoms with Gasteiger partial charge < -0.3 is 5.32 Å². The third-order valence-corrected chi connectivity index (χ3v) is 2.76. The normalized spacial score (nSPS) is 14.0. The lowest BCUT2D eigenvalue weighted by atomic mass is 10.0. The van der Waals surface area contributed by atoms with Crippen molar-refractivity contribution in [2.45, 2.75) is 13.0 Å². The number of hydrogen-bond donors (Lipinski definition) is 2. The average molecular weight is 237 g/mol. The minimum Gasteiger partial charge on any atom is -0.312 e. The van der Waals surface area contributed by atoms with E-state index < -0.39 is 0 Å². The van der Waals surface area contributed by atoms with Gasteiger partial charge in [-0.3, -0.25) is 10.1 Å². The van der Waals surface area contributed by atoms with Gasteiger partial charge in [0.1, 0.15) is 0 Å². The maximum atomic E-state index is 4.38. The van der Waals surface area contributed by atoms with Gasteiger partial charge in [-0.15, -0.1) is 12.4 Å². The van der Waals surface area contributed by atoms with E-state index in [4.69, 9.17) is 0 Å². The summed E-state index contributed by atoms with van der Waals surface area (Å²) in [5.41, 5.74) is 4.75. The molecule has 84 valence electrons. The fourth-order valence-corrected chi connectivity index (χ4v) is 1.97. The third kappa shape index (κ3) is 1.81. The van der Waals surface area contributed by atoms with Gasteiger partial charge in [-0.05, 0) is 12.1 Å². The van der Waals surface area contributed by atoms with Crippen LogP contribution in [0.15, 0.2) is 24.5 Å². The summed E-state index contributed by atoms with van der Waals surface area (Å²) < 4.78 is 0. The standard InChI is InChI=1S/C11H12N4.ClH/c1-4-12-5-2-8(1)11-9-7-13-6-3-10(9)14-15-11;/h1-2,4-5,13H,3,6-7H2,(H,14,15);1H. The Morgan fingerprint density at radius 1 is 1.19 bits per heavy atom. The van der Waals surface area contributed by atoms with E-state index in [-0.39, 0.29) is 12.4 Å². The number of hydrogen-bond acceptors (Lipinski definition) is 3. The average Bonchev–Trinajstić information content (AvgIpc) is 2.74. The number of fused-ring (bicyclic) bond motifs is 1. The van der Waals surface area contributed by atoms with Crippen molar-refractivity contribution in [3.05, 3.63) is 35.8 Å². The Balaban J connectivity index is 0.000000963. The fraction of sp³-hybridized carbons (Fsp3) is 0.273. The highest BCUT2D eigenvalue weighted by molar-refractivity contribution is 5.85. The largest absolute Gasteiger partial charge is 0.312 e. The van der Waals surface area contributed by atoms with E-state index in [0.29, 0.717) is 0 Å². The van der Waals surface area contributed by atoms with Crippen LogP contribution in [-0.2, 0) is 13.0 Å². The van der Waals surface area contributed by atoms with Crippen molar-refractivity contribution in [3.63, 3.8) is 0 Å². The van der Waals surface area contributed by atoms with Crippen LogP contribution in [-0.4, -0.2) is 21.7 Å². The Morgan fingerprint density at radius 3 is 2.81 bits per heavy atom. The SMILES string of the molecule is Cl.c1cc(-c2n[nH]c3c2CNCC3)ccn1. The summed E-state index contributed by atoms with van der Waals surface area (Å²) in [6, 6.07) is 3.98. The Bertz CT molecular complexity index is 466. The van der Waals surface area contributed by atoms with Crippen molar-refractivity contribution in [2.24, 2.45) is 0 Å². The number of pyridine rings is 1. The molecule has 1 aliphatic rings. The van der Waals surface area contributed by atoms with E-state index in [1.807, 2.05) is 12.1 Å². The molecule has 0 aromatic carbocycles. The first kappa shape index (κ1) is 11.1. The van der Waals surface area contributed by atoms with Crippen LogP contribution < -0.4 is 5.32 Å². The second kappa shape index (κ2) is 4.63. The van der Waals surface area contributed by atoms with Crippen LogP contribution in [0.4, 0.5) is 0 Å². The molecular formula is C11H13ClN4. The first-order valence-corrected chi connectivity index (χ1v) is 5.12. The number of H-pyrrole nitrogens is 1. The Morgan fingerprint density at radius 2 is 2.00 bits per heavy atom. The van der Waals surface area contributed by atoms with Crippen LogP contribution in [0, 0.1) is 0 Å². The van der Waals surface area contributed by atoms with Crippen LogP contribution in [0.1, 0.15) is 11.3 Å². The molecule has 1 aliphatic heterocycles. The monoisotopic (exact) mass is 236 g/mol. The lowest BCUT2D eigenvalue weighted by Crippen LogP contribution is -2.23. The molecule has 3 heterocycles. The van der Waals surface area contributed by atoms with Gasteiger partial charge in [0.25, 0.3) is 0 Å². The molecule has 5 heteroatoms. The predicted molar refractivity (Wildman–Crippen MR) is 64.5 cm³/mol. The van der Waals surface area contributed by atoms with Crippen LogP contribution in [0.5, 0.6) is 0 Å². The Hall–Kier alpha value is -1.39. The predicted octanol–water partition coefficient (Wildman–Crippen LogP) is 1.54. The smallest absolute Gasteiger partial charge is 0.0969 e. The van der Waals surface area contributed by atoms with E-state index in [2.05, 4.69) is 20.5 Å². The van der Waals surface area contributed by atoms with Gasteiger partial charge in [-0.25, -0.2) is 0 Å². The molecule has 2 aromatic rings. The van der Waals surface area contributed by atoms with E-state index >= 15 is 0 Å². The number of rotatable bonds is 1. The number of aromatic nitrogens is 3. The van der Waals surface area contributed by atoms with Gasteiger partial charge in [0.15, 0.2) is 0 Å². The zero-order valence-electron chi connectivity index (χ0n) is 8.73. The van der Waals surface area contributed by atoms with Gasteiger partial charge in [0, 0.05) is 48.7 Å². The first-order valence-electron chi connectivity index (χ1n) is 5.12. The summed E-state index contributed by atoms with van der Waals surface area (Å²) in [4.78, 5) is 4.01. The van der Waals surface area contributed by atoms with Crippen LogP contribution >= 0.6 is 12.4 Å². The summed E-state index contributed by atoms with van der Waals surface area (Å²) in [5, 5.41) is 10.9. The quantitative estimate of drug-likeness (QED) is 0.790. The van der Waals surface area contributed by atoms with E-state index in [1.165, 1.54) is 11.3 Å². The topological polar surface area (TPSA) is 53.6 Å². The minimum absolute atomic E-state index is 0. The molecule has 0 saturated heterocycles. The Labute approximate surface area is 99.9 Å². The van der Waals surface area contributed by atoms with Crippen molar-refractivity contribution in [1.29, 1.82) is 0 Å². The van der Waals surface area contributed by atoms with Crippen molar-refractivity contribution in [3.8, 4) is 11.3 Å². The van der Waals surface area contributed by atoms with Crippen molar-refractivity contribution >= 4 is 12.4 Å². The number of aromatic amines is 1. The highest BCUT2D eigenvalue weighted by Gasteiger charge is 2.16. The van der Waals surface area contributed by atoms with E-state index in [1.54, 1.807) is 12.4 Å². The van der Waals surface area contributed by atoms with Crippen LogP contribution in [0.25, 0.3) is 11.3 Å². The van der Waals surface area contributed by atoms with Crippen LogP contribution in [0.2, 0.25) is 0 Å². The Kier molecular flexibility index (Phi) is 3.22. The summed E-state index contributed by atoms with van der Waals surface area (Å²) in [6.07, 6.45) is 4.63. The highest BCUT2D eigenvalue weighted by Crippen LogP contribution is 2.24. The molecule has 0 fully saturated rings. The number of halogens is 1. The van der Waals surface area contributed by atoms with E-state index in [0.717, 1.165) is 30.8 Å². The fourth-order valence-electron chi connectivity index (χ4n) is 1.97. The zero-order chi connectivity index (χ0) is 10.1. The van der Waals surface area contributed by atoms with Crippen molar-refractivity contribution < 1.29 is 0 Å². The summed E-state index contributed by atoms with van der Waals surface area (Å²) >= 11 is 0. The van der Waals surface area contributed by atoms with Gasteiger partial charge in [0.2, 0.25) is 0 Å². The third-order valence-electron chi connectivity index (χ3n) is 2.76. The van der Waals surface area contributed by atoms with Gasteiger partial charge in [-0.2, -0.15) is 5.10 Å². The molecule has 4 nitrogen and oxygen atoms in total. The second-order valence-electron chi connectivity index (χ2n) is 3.69. The summed E-state index contributed by atoms with van der Waals surface area (Å²) in [7, 11) is 0. The zero-order valence-corrected chi connectivity index (χ0v) is 9.55. The minimum atomic E-state index is 0. The molecule has 0 bridgehead atoms. The molecule has 0 saturated carbocycles. The summed E-state index contributed by atoms with van der Waals surface area (Å²) in [6.45, 7) is 1.94. The van der Waals surface area contributed by atoms with E-state index in [9.17, 15) is 0 Å². The lowest BCUT2D eigenvalue weighted by Gasteiger charge is -2.12. The van der Waals surface area contributed by atoms with Crippen molar-refractivity contribution in [1.82, 2.24) is 20.5 Å². The molecule has 3 rings (SSSR count). The molecule has 2 aromatic heterocycles. The molecule has 0 unspecified atom stereocenters. The molecule has 0 spiro atoms. The second-order valence-corrected chi connectivity index (χ2v) is 3.69. The maximum Gasteiger partial charge on any atom is 0.0969 e. The maximum absolute atomic E-state index is 4.38. The van der Waals surface area contributed by atoms with Crippen molar-refractivity contribution in [2.75, 3.05) is 6.54 Å². The van der Waals surface area contributed by atoms with Gasteiger partial charge in [0.05, 0.1) is 5.69 Å². The lowest BCUT2D eigenvalue weighted by molar-refractivity contribution is 0.637. The van der Waals surface area contributed by atoms with Crippen LogP contribution in [0.3, 0.4) is 0 Å². The molecule has 0 radical (unpaired) electrons. The number of nitrogens with one attached hydrogen (secondary N) is 2.